The predicted octanol–water partition coefficient (Wildman–Crippen LogP) is 1.93. The van der Waals surface area contributed by atoms with Gasteiger partial charge in [0.2, 0.25) is 5.91 Å². The maximum Gasteiger partial charge on any atom is 0.220 e. The average molecular weight is 403 g/mol. The third kappa shape index (κ3) is 5.86. The van der Waals surface area contributed by atoms with Crippen molar-refractivity contribution in [3.05, 3.63) is 24.3 Å². The van der Waals surface area contributed by atoms with Gasteiger partial charge in [0.15, 0.2) is 9.84 Å². The predicted molar refractivity (Wildman–Crippen MR) is 103 cm³/mol. The van der Waals surface area contributed by atoms with Crippen molar-refractivity contribution in [2.75, 3.05) is 19.4 Å². The number of carbonyl (C=O) groups excluding carboxylic acids is 1. The maximum atomic E-state index is 12.1. The number of piperidine rings is 1. The highest BCUT2D eigenvalue weighted by Gasteiger charge is 2.34. The summed E-state index contributed by atoms with van der Waals surface area (Å²) < 4.78 is 28.3. The highest BCUT2D eigenvalue weighted by Crippen LogP contribution is 2.32. The van der Waals surface area contributed by atoms with Gasteiger partial charge < -0.3 is 15.4 Å². The van der Waals surface area contributed by atoms with Crippen molar-refractivity contribution in [1.29, 1.82) is 0 Å². The van der Waals surface area contributed by atoms with E-state index < -0.39 is 9.84 Å². The van der Waals surface area contributed by atoms with Crippen molar-refractivity contribution >= 4 is 28.2 Å². The minimum absolute atomic E-state index is 0. The number of fused-ring (bicyclic) bond motifs is 2. The lowest BCUT2D eigenvalue weighted by molar-refractivity contribution is -0.122. The van der Waals surface area contributed by atoms with Crippen LogP contribution in [0.25, 0.3) is 0 Å². The van der Waals surface area contributed by atoms with Crippen molar-refractivity contribution in [3.8, 4) is 5.75 Å². The average Bonchev–Trinajstić information content (AvgIpc) is 2.90. The first-order valence-electron chi connectivity index (χ1n) is 8.86. The number of hydrogen-bond donors (Lipinski definition) is 2. The number of hydrogen-bond acceptors (Lipinski definition) is 5. The summed E-state index contributed by atoms with van der Waals surface area (Å²) in [4.78, 5) is 12.3. The first-order chi connectivity index (χ1) is 11.9. The van der Waals surface area contributed by atoms with E-state index >= 15 is 0 Å². The summed E-state index contributed by atoms with van der Waals surface area (Å²) in [5, 5.41) is 6.49. The molecule has 146 valence electrons. The van der Waals surface area contributed by atoms with E-state index in [1.807, 2.05) is 0 Å². The van der Waals surface area contributed by atoms with Gasteiger partial charge in [-0.3, -0.25) is 4.79 Å². The van der Waals surface area contributed by atoms with Crippen molar-refractivity contribution in [3.63, 3.8) is 0 Å². The molecule has 2 aliphatic rings. The zero-order chi connectivity index (χ0) is 17.9. The van der Waals surface area contributed by atoms with E-state index in [1.165, 1.54) is 31.2 Å². The molecule has 2 heterocycles. The number of carbonyl (C=O) groups is 1. The van der Waals surface area contributed by atoms with Crippen LogP contribution < -0.4 is 15.4 Å². The highest BCUT2D eigenvalue weighted by atomic mass is 35.5. The van der Waals surface area contributed by atoms with Gasteiger partial charge in [0.05, 0.1) is 11.4 Å². The van der Waals surface area contributed by atoms with Gasteiger partial charge in [0.1, 0.15) is 12.4 Å². The van der Waals surface area contributed by atoms with Crippen LogP contribution in [0.3, 0.4) is 0 Å². The molecule has 2 unspecified atom stereocenters. The quantitative estimate of drug-likeness (QED) is 0.681. The van der Waals surface area contributed by atoms with Crippen molar-refractivity contribution < 1.29 is 17.9 Å². The van der Waals surface area contributed by atoms with Crippen LogP contribution in [0.2, 0.25) is 0 Å². The normalized spacial score (nSPS) is 24.6. The molecule has 2 bridgehead atoms. The Labute approximate surface area is 161 Å². The molecule has 1 aromatic carbocycles. The Bertz CT molecular complexity index is 696. The summed E-state index contributed by atoms with van der Waals surface area (Å²) in [7, 11) is -3.19. The van der Waals surface area contributed by atoms with Crippen molar-refractivity contribution in [1.82, 2.24) is 10.6 Å². The molecule has 26 heavy (non-hydrogen) atoms. The third-order valence-electron chi connectivity index (χ3n) is 4.99. The summed E-state index contributed by atoms with van der Waals surface area (Å²) in [5.74, 6) is 1.17. The molecule has 0 aliphatic carbocycles. The first-order valence-corrected chi connectivity index (χ1v) is 10.7. The van der Waals surface area contributed by atoms with E-state index in [2.05, 4.69) is 10.6 Å². The Morgan fingerprint density at radius 3 is 2.38 bits per heavy atom. The van der Waals surface area contributed by atoms with E-state index in [0.717, 1.165) is 12.8 Å². The number of amides is 1. The van der Waals surface area contributed by atoms with Crippen LogP contribution in [0.1, 0.15) is 32.1 Å². The highest BCUT2D eigenvalue weighted by molar-refractivity contribution is 7.90. The molecule has 2 atom stereocenters. The Hall–Kier alpha value is -1.31. The topological polar surface area (TPSA) is 84.5 Å². The van der Waals surface area contributed by atoms with E-state index in [0.29, 0.717) is 43.3 Å². The minimum Gasteiger partial charge on any atom is -0.492 e. The SMILES string of the molecule is CS(=O)(=O)c1ccc(OCCNC(=O)CC2CC3CCC(C2)N3)cc1.Cl. The van der Waals surface area contributed by atoms with Crippen LogP contribution in [-0.2, 0) is 14.6 Å². The summed E-state index contributed by atoms with van der Waals surface area (Å²) in [6.07, 6.45) is 6.47. The minimum atomic E-state index is -3.19. The van der Waals surface area contributed by atoms with E-state index in [1.54, 1.807) is 12.1 Å². The number of nitrogens with one attached hydrogen (secondary N) is 2. The Morgan fingerprint density at radius 2 is 1.81 bits per heavy atom. The largest absolute Gasteiger partial charge is 0.492 e. The van der Waals surface area contributed by atoms with Gasteiger partial charge in [-0.05, 0) is 55.9 Å². The van der Waals surface area contributed by atoms with Gasteiger partial charge in [0, 0.05) is 24.8 Å². The molecule has 2 aliphatic heterocycles. The van der Waals surface area contributed by atoms with Crippen molar-refractivity contribution in [2.45, 2.75) is 49.1 Å². The molecule has 2 saturated heterocycles. The molecular weight excluding hydrogens is 376 g/mol. The molecule has 0 aromatic heterocycles. The number of halogens is 1. The second kappa shape index (κ2) is 9.06. The monoisotopic (exact) mass is 402 g/mol. The van der Waals surface area contributed by atoms with Crippen LogP contribution in [0, 0.1) is 5.92 Å². The standard InChI is InChI=1S/C18H26N2O4S.ClH/c1-25(22,23)17-6-4-16(5-7-17)24-9-8-19-18(21)12-13-10-14-2-3-15(11-13)20-14;/h4-7,13-15,20H,2-3,8-12H2,1H3,(H,19,21);1H. The van der Waals surface area contributed by atoms with Gasteiger partial charge in [-0.2, -0.15) is 0 Å². The molecule has 2 N–H and O–H groups in total. The zero-order valence-electron chi connectivity index (χ0n) is 14.9. The van der Waals surface area contributed by atoms with E-state index in [9.17, 15) is 13.2 Å². The second-order valence-electron chi connectivity index (χ2n) is 7.12. The lowest BCUT2D eigenvalue weighted by Crippen LogP contribution is -2.40. The second-order valence-corrected chi connectivity index (χ2v) is 9.14. The van der Waals surface area contributed by atoms with Gasteiger partial charge in [0.25, 0.3) is 0 Å². The molecular formula is C18H27ClN2O4S. The third-order valence-corrected chi connectivity index (χ3v) is 6.12. The fourth-order valence-corrected chi connectivity index (χ4v) is 4.45. The summed E-state index contributed by atoms with van der Waals surface area (Å²) >= 11 is 0. The van der Waals surface area contributed by atoms with Crippen LogP contribution >= 0.6 is 12.4 Å². The number of benzene rings is 1. The zero-order valence-corrected chi connectivity index (χ0v) is 16.6. The molecule has 0 spiro atoms. The van der Waals surface area contributed by atoms with E-state index in [4.69, 9.17) is 4.74 Å². The fourth-order valence-electron chi connectivity index (χ4n) is 3.82. The number of rotatable bonds is 7. The number of ether oxygens (including phenoxy) is 1. The Kier molecular flexibility index (Phi) is 7.32. The lowest BCUT2D eigenvalue weighted by atomic mass is 9.89. The lowest BCUT2D eigenvalue weighted by Gasteiger charge is -2.28. The van der Waals surface area contributed by atoms with Gasteiger partial charge in [-0.15, -0.1) is 12.4 Å². The first kappa shape index (κ1) is 21.0. The van der Waals surface area contributed by atoms with Gasteiger partial charge in [-0.1, -0.05) is 0 Å². The van der Waals surface area contributed by atoms with Crippen LogP contribution in [0.15, 0.2) is 29.2 Å². The molecule has 1 aromatic rings. The smallest absolute Gasteiger partial charge is 0.220 e. The summed E-state index contributed by atoms with van der Waals surface area (Å²) in [6, 6.07) is 7.51. The fraction of sp³-hybridized carbons (Fsp3) is 0.611. The molecule has 2 fully saturated rings. The molecule has 6 nitrogen and oxygen atoms in total. The Balaban J connectivity index is 0.00000243. The summed E-state index contributed by atoms with van der Waals surface area (Å²) in [6.45, 7) is 0.811. The van der Waals surface area contributed by atoms with Crippen molar-refractivity contribution in [2.24, 2.45) is 5.92 Å². The maximum absolute atomic E-state index is 12.1. The number of sulfone groups is 1. The molecule has 0 saturated carbocycles. The Morgan fingerprint density at radius 1 is 1.19 bits per heavy atom. The van der Waals surface area contributed by atoms with Gasteiger partial charge >= 0.3 is 0 Å². The van der Waals surface area contributed by atoms with Gasteiger partial charge in [-0.25, -0.2) is 8.42 Å². The molecule has 0 radical (unpaired) electrons. The molecule has 3 rings (SSSR count). The van der Waals surface area contributed by atoms with Crippen LogP contribution in [0.5, 0.6) is 5.75 Å². The van der Waals surface area contributed by atoms with Crippen LogP contribution in [0.4, 0.5) is 0 Å². The molecule has 1 amide bonds. The van der Waals surface area contributed by atoms with E-state index in [-0.39, 0.29) is 23.2 Å². The van der Waals surface area contributed by atoms with Crippen LogP contribution in [-0.4, -0.2) is 45.8 Å². The molecule has 8 heteroatoms. The summed E-state index contributed by atoms with van der Waals surface area (Å²) in [5.41, 5.74) is 0.